The summed E-state index contributed by atoms with van der Waals surface area (Å²) in [4.78, 5) is 107. The Morgan fingerprint density at radius 1 is 0.371 bits per heavy atom. The van der Waals surface area contributed by atoms with Crippen LogP contribution in [0.2, 0.25) is 0 Å². The third-order valence-corrected chi connectivity index (χ3v) is 9.11. The van der Waals surface area contributed by atoms with Crippen molar-refractivity contribution in [1.82, 2.24) is 0 Å². The van der Waals surface area contributed by atoms with Crippen molar-refractivity contribution >= 4 is 70.6 Å². The third kappa shape index (κ3) is 9.68. The second-order valence-electron chi connectivity index (χ2n) is 12.9. The normalized spacial score (nSPS) is 10.9. The molecule has 0 spiro atoms. The molecule has 0 atom stereocenters. The fraction of sp³-hybridized carbons (Fsp3) is 0. The van der Waals surface area contributed by atoms with Crippen LogP contribution in [0.4, 0.5) is 22.7 Å². The van der Waals surface area contributed by atoms with Gasteiger partial charge in [0.2, 0.25) is 0 Å². The molecule has 18 nitrogen and oxygen atoms in total. The summed E-state index contributed by atoms with van der Waals surface area (Å²) in [5.74, 6) is -3.84. The van der Waals surface area contributed by atoms with Crippen LogP contribution in [0.25, 0.3) is 24.3 Å². The summed E-state index contributed by atoms with van der Waals surface area (Å²) in [6, 6.07) is 28.0. The highest BCUT2D eigenvalue weighted by atomic mass is 17.2. The third-order valence-electron chi connectivity index (χ3n) is 9.11. The first-order chi connectivity index (χ1) is 29.7. The molecule has 0 heterocycles. The highest BCUT2D eigenvalue weighted by Crippen LogP contribution is 2.27. The molecule has 0 N–H and O–H groups in total. The second kappa shape index (κ2) is 18.5. The Labute approximate surface area is 348 Å². The number of non-ortho nitro benzene ring substituents is 4. The van der Waals surface area contributed by atoms with E-state index in [1.807, 2.05) is 0 Å². The van der Waals surface area contributed by atoms with Crippen molar-refractivity contribution in [3.05, 3.63) is 230 Å². The van der Waals surface area contributed by atoms with E-state index in [0.717, 1.165) is 24.3 Å². The molecule has 0 fully saturated rings. The molecule has 0 unspecified atom stereocenters. The van der Waals surface area contributed by atoms with Crippen LogP contribution in [0.3, 0.4) is 0 Å². The van der Waals surface area contributed by atoms with Gasteiger partial charge in [-0.3, -0.25) is 50.0 Å². The van der Waals surface area contributed by atoms with Gasteiger partial charge in [0.1, 0.15) is 0 Å². The highest BCUT2D eigenvalue weighted by molar-refractivity contribution is 6.14. The first kappa shape index (κ1) is 42.3. The van der Waals surface area contributed by atoms with Gasteiger partial charge in [-0.2, -0.15) is 0 Å². The molecule has 306 valence electrons. The van der Waals surface area contributed by atoms with Crippen molar-refractivity contribution in [2.45, 2.75) is 0 Å². The molecule has 0 radical (unpaired) electrons. The Bertz CT molecular complexity index is 2660. The van der Waals surface area contributed by atoms with Gasteiger partial charge < -0.3 is 0 Å². The molecule has 0 aliphatic rings. The van der Waals surface area contributed by atoms with E-state index in [9.17, 15) is 59.6 Å². The number of nitrogens with zero attached hydrogens (tertiary/aromatic N) is 4. The number of rotatable bonds is 14. The predicted molar refractivity (Wildman–Crippen MR) is 221 cm³/mol. The van der Waals surface area contributed by atoms with Crippen molar-refractivity contribution in [2.24, 2.45) is 0 Å². The standard InChI is InChI=1S/C44H26N4O14/c49-41(29-13-21-33(22-14-29)47(57)58)37-3-1-5-39(35(37)25-11-27-7-17-31(18-8-27)45(53)54)43(51)61-62-44(52)40-6-2-4-38(42(50)30-15-23-34(24-16-30)48(59)60)36(40)26-12-28-9-19-32(20-10-28)46(55)56/h1-26H/b25-11+,26-12+. The lowest BCUT2D eigenvalue weighted by Gasteiger charge is -2.12. The minimum atomic E-state index is -1.26. The van der Waals surface area contributed by atoms with Crippen LogP contribution >= 0.6 is 0 Å². The van der Waals surface area contributed by atoms with Gasteiger partial charge >= 0.3 is 11.9 Å². The summed E-state index contributed by atoms with van der Waals surface area (Å²) >= 11 is 0. The highest BCUT2D eigenvalue weighted by Gasteiger charge is 2.25. The maximum atomic E-state index is 13.8. The predicted octanol–water partition coefficient (Wildman–Crippen LogP) is 9.05. The van der Waals surface area contributed by atoms with Crippen LogP contribution in [0.5, 0.6) is 0 Å². The summed E-state index contributed by atoms with van der Waals surface area (Å²) in [6.07, 6.45) is 5.61. The fourth-order valence-corrected chi connectivity index (χ4v) is 5.96. The SMILES string of the molecule is O=C(OOC(=O)c1cccc(C(=O)c2ccc([N+](=O)[O-])cc2)c1/C=C/c1ccc([N+](=O)[O-])cc1)c1cccc(C(=O)c2ccc([N+](=O)[O-])cc2)c1/C=C/c1ccc([N+](=O)[O-])cc1. The first-order valence-corrected chi connectivity index (χ1v) is 17.8. The molecular weight excluding hydrogens is 808 g/mol. The zero-order valence-corrected chi connectivity index (χ0v) is 31.5. The van der Waals surface area contributed by atoms with Crippen LogP contribution < -0.4 is 0 Å². The largest absolute Gasteiger partial charge is 0.386 e. The van der Waals surface area contributed by atoms with Gasteiger partial charge in [0.05, 0.1) is 30.8 Å². The first-order valence-electron chi connectivity index (χ1n) is 17.8. The minimum Gasteiger partial charge on any atom is -0.289 e. The average molecular weight is 835 g/mol. The minimum absolute atomic E-state index is 0.0231. The lowest BCUT2D eigenvalue weighted by molar-refractivity contribution is -0.385. The fourth-order valence-electron chi connectivity index (χ4n) is 5.96. The lowest BCUT2D eigenvalue weighted by atomic mass is 9.93. The van der Waals surface area contributed by atoms with Crippen molar-refractivity contribution in [1.29, 1.82) is 0 Å². The van der Waals surface area contributed by atoms with Crippen molar-refractivity contribution in [2.75, 3.05) is 0 Å². The van der Waals surface area contributed by atoms with E-state index in [-0.39, 0.29) is 67.3 Å². The number of carbonyl (C=O) groups is 4. The molecule has 0 saturated heterocycles. The zero-order chi connectivity index (χ0) is 44.5. The summed E-state index contributed by atoms with van der Waals surface area (Å²) in [5.41, 5.74) is -0.832. The number of nitro benzene ring substituents is 4. The number of nitro groups is 4. The Balaban J connectivity index is 1.34. The molecule has 0 aromatic heterocycles. The molecule has 6 aromatic rings. The van der Waals surface area contributed by atoms with Gasteiger partial charge in [-0.25, -0.2) is 19.4 Å². The molecule has 6 aromatic carbocycles. The van der Waals surface area contributed by atoms with Crippen molar-refractivity contribution in [3.8, 4) is 0 Å². The quantitative estimate of drug-likeness (QED) is 0.0326. The van der Waals surface area contributed by atoms with E-state index < -0.39 is 43.2 Å². The van der Waals surface area contributed by atoms with E-state index in [0.29, 0.717) is 11.1 Å². The molecule has 0 bridgehead atoms. The van der Waals surface area contributed by atoms with E-state index in [1.54, 1.807) is 0 Å². The summed E-state index contributed by atoms with van der Waals surface area (Å²) < 4.78 is 0. The van der Waals surface area contributed by atoms with Gasteiger partial charge in [0, 0.05) is 81.9 Å². The van der Waals surface area contributed by atoms with Crippen LogP contribution in [0.15, 0.2) is 133 Å². The molecule has 62 heavy (non-hydrogen) atoms. The van der Waals surface area contributed by atoms with Crippen LogP contribution in [0.1, 0.15) is 74.8 Å². The molecule has 0 aliphatic heterocycles. The lowest BCUT2D eigenvalue weighted by Crippen LogP contribution is -2.16. The van der Waals surface area contributed by atoms with Crippen LogP contribution in [-0.2, 0) is 9.78 Å². The number of hydrogen-bond donors (Lipinski definition) is 0. The second-order valence-corrected chi connectivity index (χ2v) is 12.9. The number of carbonyl (C=O) groups excluding carboxylic acids is 4. The molecule has 6 rings (SSSR count). The number of benzene rings is 6. The molecule has 0 aliphatic carbocycles. The van der Waals surface area contributed by atoms with Gasteiger partial charge in [0.15, 0.2) is 11.6 Å². The van der Waals surface area contributed by atoms with Crippen LogP contribution in [-0.4, -0.2) is 43.2 Å². The van der Waals surface area contributed by atoms with E-state index in [4.69, 9.17) is 9.78 Å². The maximum absolute atomic E-state index is 13.8. The van der Waals surface area contributed by atoms with E-state index in [2.05, 4.69) is 0 Å². The maximum Gasteiger partial charge on any atom is 0.386 e. The summed E-state index contributed by atoms with van der Waals surface area (Å²) in [5, 5.41) is 44.8. The Morgan fingerprint density at radius 2 is 0.645 bits per heavy atom. The number of hydrogen-bond acceptors (Lipinski definition) is 14. The average Bonchev–Trinajstić information content (AvgIpc) is 3.28. The Kier molecular flexibility index (Phi) is 12.6. The number of ketones is 2. The smallest absolute Gasteiger partial charge is 0.289 e. The van der Waals surface area contributed by atoms with Crippen molar-refractivity contribution < 1.29 is 48.6 Å². The molecular formula is C44H26N4O14. The molecule has 0 saturated carbocycles. The van der Waals surface area contributed by atoms with Crippen molar-refractivity contribution in [3.63, 3.8) is 0 Å². The summed E-state index contributed by atoms with van der Waals surface area (Å²) in [7, 11) is 0. The molecule has 18 heteroatoms. The van der Waals surface area contributed by atoms with Gasteiger partial charge in [-0.15, -0.1) is 0 Å². The van der Waals surface area contributed by atoms with E-state index >= 15 is 0 Å². The Hall–Kier alpha value is -9.32. The van der Waals surface area contributed by atoms with Gasteiger partial charge in [0.25, 0.3) is 22.7 Å². The van der Waals surface area contributed by atoms with Crippen LogP contribution in [0, 0.1) is 40.5 Å². The topological polar surface area (TPSA) is 259 Å². The monoisotopic (exact) mass is 834 g/mol. The summed E-state index contributed by atoms with van der Waals surface area (Å²) in [6.45, 7) is 0. The molecule has 0 amide bonds. The van der Waals surface area contributed by atoms with Gasteiger partial charge in [-0.05, 0) is 71.8 Å². The zero-order valence-electron chi connectivity index (χ0n) is 31.5. The Morgan fingerprint density at radius 3 is 0.935 bits per heavy atom. The van der Waals surface area contributed by atoms with Gasteiger partial charge in [-0.1, -0.05) is 48.6 Å². The van der Waals surface area contributed by atoms with E-state index in [1.165, 1.54) is 133 Å².